The first-order chi connectivity index (χ1) is 16.2. The number of benzene rings is 1. The number of hydrogen-bond donors (Lipinski definition) is 0. The molecule has 0 N–H and O–H groups in total. The van der Waals surface area contributed by atoms with E-state index >= 15 is 0 Å². The lowest BCUT2D eigenvalue weighted by molar-refractivity contribution is -0.120. The number of Topliss-reactive ketones (excluding diaryl/α,β-unsaturated/α-hetero) is 1. The Bertz CT molecular complexity index is 1120. The van der Waals surface area contributed by atoms with Gasteiger partial charge >= 0.3 is 7.60 Å². The second kappa shape index (κ2) is 13.0. The fourth-order valence-corrected chi connectivity index (χ4v) is 6.68. The summed E-state index contributed by atoms with van der Waals surface area (Å²) in [6.07, 6.45) is 6.53. The van der Waals surface area contributed by atoms with Gasteiger partial charge < -0.3 is 9.05 Å². The van der Waals surface area contributed by atoms with E-state index in [4.69, 9.17) is 9.05 Å². The Labute approximate surface area is 211 Å². The van der Waals surface area contributed by atoms with Crippen molar-refractivity contribution >= 4 is 37.1 Å². The van der Waals surface area contributed by atoms with Gasteiger partial charge in [-0.2, -0.15) is 0 Å². The highest BCUT2D eigenvalue weighted by atomic mass is 32.2. The van der Waals surface area contributed by atoms with Crippen molar-refractivity contribution < 1.29 is 26.8 Å². The minimum atomic E-state index is -3.55. The van der Waals surface area contributed by atoms with E-state index in [0.29, 0.717) is 11.6 Å². The average Bonchev–Trinajstić information content (AvgIpc) is 3.31. The Morgan fingerprint density at radius 2 is 1.66 bits per heavy atom. The quantitative estimate of drug-likeness (QED) is 0.302. The van der Waals surface area contributed by atoms with Crippen LogP contribution in [0.1, 0.15) is 63.1 Å². The number of hydrogen-bond acceptors (Lipinski definition) is 7. The highest BCUT2D eigenvalue weighted by Gasteiger charge is 2.30. The Morgan fingerprint density at radius 1 is 1.06 bits per heavy atom. The summed E-state index contributed by atoms with van der Waals surface area (Å²) in [5.41, 5.74) is 1.52. The third-order valence-electron chi connectivity index (χ3n) is 6.17. The van der Waals surface area contributed by atoms with Gasteiger partial charge in [0, 0.05) is 32.7 Å². The lowest BCUT2D eigenvalue weighted by Gasteiger charge is -2.21. The molecule has 0 aliphatic heterocycles. The van der Waals surface area contributed by atoms with Gasteiger partial charge in [0.25, 0.3) is 0 Å². The number of carbonyl (C=O) groups is 1. The number of carbonyl (C=O) groups excluding carboxylic acids is 1. The molecule has 1 aliphatic carbocycles. The van der Waals surface area contributed by atoms with Gasteiger partial charge in [-0.25, -0.2) is 13.4 Å². The van der Waals surface area contributed by atoms with Crippen molar-refractivity contribution in [2.24, 2.45) is 5.92 Å². The molecule has 1 aromatic heterocycles. The molecule has 35 heavy (non-hydrogen) atoms. The second-order valence-corrected chi connectivity index (χ2v) is 12.7. The number of nitrogens with zero attached hydrogens (tertiary/aromatic N) is 1. The summed E-state index contributed by atoms with van der Waals surface area (Å²) < 4.78 is 47.6. The first-order valence-electron chi connectivity index (χ1n) is 11.8. The standard InChI is InChI=1S/C25H34NO6PS.B/c1-4-31-33(28,32-5-2)25-12-8-11-21(26-25)18-24(27)23(17-19-9-6-7-10-19)20-13-15-22(16-14-20)34(3,29)30;/h8,11-16,19,23H,4-7,9-10,17-18H2,1-3H3;/t23-;/m1./s1. The van der Waals surface area contributed by atoms with E-state index in [1.165, 1.54) is 19.1 Å². The minimum Gasteiger partial charge on any atom is -0.304 e. The van der Waals surface area contributed by atoms with Gasteiger partial charge in [-0.05, 0) is 56.0 Å². The molecule has 189 valence electrons. The molecule has 1 saturated carbocycles. The van der Waals surface area contributed by atoms with E-state index in [1.54, 1.807) is 56.3 Å². The molecule has 0 bridgehead atoms. The summed E-state index contributed by atoms with van der Waals surface area (Å²) in [7, 11) is -6.86. The van der Waals surface area contributed by atoms with Gasteiger partial charge in [0.1, 0.15) is 5.78 Å². The van der Waals surface area contributed by atoms with Crippen LogP contribution in [0, 0.1) is 5.92 Å². The largest absolute Gasteiger partial charge is 0.379 e. The van der Waals surface area contributed by atoms with Gasteiger partial charge in [-0.15, -0.1) is 0 Å². The fourth-order valence-electron chi connectivity index (χ4n) is 4.51. The normalized spacial score (nSPS) is 15.5. The SMILES string of the molecule is CCOP(=O)(OCC)c1cccc(CC(=O)[C@H](CC2CCCC2)c2ccc(S(C)(=O)=O)cc2)n1.[B]. The topological polar surface area (TPSA) is 99.6 Å². The van der Waals surface area contributed by atoms with Crippen LogP contribution < -0.4 is 5.44 Å². The molecule has 1 aliphatic rings. The smallest absolute Gasteiger partial charge is 0.304 e. The molecule has 7 nitrogen and oxygen atoms in total. The minimum absolute atomic E-state index is 0. The van der Waals surface area contributed by atoms with Crippen molar-refractivity contribution in [2.45, 2.75) is 63.2 Å². The maximum Gasteiger partial charge on any atom is 0.379 e. The number of aromatic nitrogens is 1. The van der Waals surface area contributed by atoms with Crippen molar-refractivity contribution in [2.75, 3.05) is 19.5 Å². The second-order valence-electron chi connectivity index (χ2n) is 8.74. The number of sulfone groups is 1. The van der Waals surface area contributed by atoms with Crippen LogP contribution in [0.2, 0.25) is 0 Å². The lowest BCUT2D eigenvalue weighted by Crippen LogP contribution is -2.21. The van der Waals surface area contributed by atoms with Gasteiger partial charge in [0.15, 0.2) is 15.3 Å². The van der Waals surface area contributed by atoms with Crippen molar-refractivity contribution in [3.63, 3.8) is 0 Å². The van der Waals surface area contributed by atoms with Crippen LogP contribution in [0.25, 0.3) is 0 Å². The predicted molar refractivity (Wildman–Crippen MR) is 138 cm³/mol. The van der Waals surface area contributed by atoms with Crippen LogP contribution >= 0.6 is 7.60 Å². The third-order valence-corrected chi connectivity index (χ3v) is 9.30. The first-order valence-corrected chi connectivity index (χ1v) is 15.3. The van der Waals surface area contributed by atoms with Crippen molar-refractivity contribution in [3.8, 4) is 0 Å². The van der Waals surface area contributed by atoms with Crippen LogP contribution in [0.5, 0.6) is 0 Å². The first kappa shape index (κ1) is 29.4. The highest BCUT2D eigenvalue weighted by Crippen LogP contribution is 2.46. The van der Waals surface area contributed by atoms with Gasteiger partial charge in [0.2, 0.25) is 0 Å². The van der Waals surface area contributed by atoms with Gasteiger partial charge in [-0.1, -0.05) is 43.9 Å². The Morgan fingerprint density at radius 3 is 2.20 bits per heavy atom. The van der Waals surface area contributed by atoms with Crippen molar-refractivity contribution in [1.29, 1.82) is 0 Å². The summed E-state index contributed by atoms with van der Waals surface area (Å²) >= 11 is 0. The molecule has 2 aromatic rings. The summed E-state index contributed by atoms with van der Waals surface area (Å²) in [4.78, 5) is 18.2. The molecule has 0 amide bonds. The van der Waals surface area contributed by atoms with E-state index in [2.05, 4.69) is 4.98 Å². The Hall–Kier alpha value is -1.80. The molecule has 1 fully saturated rings. The highest BCUT2D eigenvalue weighted by molar-refractivity contribution is 7.90. The molecule has 1 aromatic carbocycles. The zero-order chi connectivity index (χ0) is 24.8. The molecule has 3 rings (SSSR count). The summed E-state index contributed by atoms with van der Waals surface area (Å²) in [5.74, 6) is 0.123. The fraction of sp³-hybridized carbons (Fsp3) is 0.520. The molecule has 3 radical (unpaired) electrons. The summed E-state index contributed by atoms with van der Waals surface area (Å²) in [6, 6.07) is 11.7. The Kier molecular flexibility index (Phi) is 10.9. The summed E-state index contributed by atoms with van der Waals surface area (Å²) in [6.45, 7) is 3.91. The molecule has 0 unspecified atom stereocenters. The van der Waals surface area contributed by atoms with Crippen LogP contribution in [0.4, 0.5) is 0 Å². The van der Waals surface area contributed by atoms with Crippen LogP contribution in [-0.2, 0) is 34.7 Å². The lowest BCUT2D eigenvalue weighted by atomic mass is 9.83. The molecule has 0 saturated heterocycles. The predicted octanol–water partition coefficient (Wildman–Crippen LogP) is 4.47. The van der Waals surface area contributed by atoms with Crippen LogP contribution in [0.15, 0.2) is 47.4 Å². The van der Waals surface area contributed by atoms with E-state index in [0.717, 1.165) is 24.8 Å². The number of rotatable bonds is 12. The zero-order valence-electron chi connectivity index (χ0n) is 20.7. The van der Waals surface area contributed by atoms with Crippen molar-refractivity contribution in [1.82, 2.24) is 4.98 Å². The molecule has 1 atom stereocenters. The Balaban J connectivity index is 0.00000432. The third kappa shape index (κ3) is 7.84. The number of pyridine rings is 1. The van der Waals surface area contributed by atoms with E-state index < -0.39 is 17.4 Å². The molecule has 1 heterocycles. The van der Waals surface area contributed by atoms with Crippen LogP contribution in [-0.4, -0.2) is 47.1 Å². The summed E-state index contributed by atoms with van der Waals surface area (Å²) in [5, 5.41) is 0. The maximum absolute atomic E-state index is 13.5. The van der Waals surface area contributed by atoms with Crippen LogP contribution in [0.3, 0.4) is 0 Å². The molecular formula is C25H34BNO6PS. The average molecular weight is 518 g/mol. The zero-order valence-corrected chi connectivity index (χ0v) is 22.4. The molecule has 0 spiro atoms. The monoisotopic (exact) mass is 518 g/mol. The van der Waals surface area contributed by atoms with E-state index in [1.807, 2.05) is 0 Å². The molecule has 10 heteroatoms. The molecular weight excluding hydrogens is 484 g/mol. The van der Waals surface area contributed by atoms with E-state index in [9.17, 15) is 17.8 Å². The van der Waals surface area contributed by atoms with Crippen molar-refractivity contribution in [3.05, 3.63) is 53.7 Å². The van der Waals surface area contributed by atoms with Gasteiger partial charge in [0.05, 0.1) is 18.1 Å². The number of ketones is 1. The van der Waals surface area contributed by atoms with Gasteiger partial charge in [-0.3, -0.25) is 9.36 Å². The maximum atomic E-state index is 13.5. The van der Waals surface area contributed by atoms with E-state index in [-0.39, 0.29) is 50.1 Å².